The van der Waals surface area contributed by atoms with Gasteiger partial charge in [-0.25, -0.2) is 0 Å². The predicted molar refractivity (Wildman–Crippen MR) is 66.9 cm³/mol. The fourth-order valence-electron chi connectivity index (χ4n) is 1.27. The molecule has 1 aromatic rings. The largest absolute Gasteiger partial charge is 0.490 e. The van der Waals surface area contributed by atoms with Gasteiger partial charge in [0.2, 0.25) is 0 Å². The average molecular weight is 261 g/mol. The summed E-state index contributed by atoms with van der Waals surface area (Å²) in [5.74, 6) is 0.344. The second-order valence-corrected chi connectivity index (χ2v) is 4.88. The Balaban J connectivity index is 3.12. The van der Waals surface area contributed by atoms with Gasteiger partial charge in [-0.3, -0.25) is 4.79 Å². The number of ether oxygens (including phenoxy) is 1. The average Bonchev–Trinajstić information content (AvgIpc) is 2.18. The summed E-state index contributed by atoms with van der Waals surface area (Å²) in [4.78, 5) is 11.8. The van der Waals surface area contributed by atoms with Crippen LogP contribution in [-0.4, -0.2) is 17.3 Å². The molecule has 0 aliphatic heterocycles. The van der Waals surface area contributed by atoms with Crippen molar-refractivity contribution in [3.63, 3.8) is 0 Å². The van der Waals surface area contributed by atoms with Crippen molar-refractivity contribution in [1.29, 1.82) is 0 Å². The number of carbonyl (C=O) groups is 1. The molecule has 88 valence electrons. The first-order chi connectivity index (χ1) is 7.41. The SMILES string of the molecule is CC(C)Oc1ccc(Cl)cc1C(=O)C(C)Cl. The van der Waals surface area contributed by atoms with Crippen LogP contribution >= 0.6 is 23.2 Å². The number of benzene rings is 1. The second kappa shape index (κ2) is 5.55. The topological polar surface area (TPSA) is 26.3 Å². The van der Waals surface area contributed by atoms with Gasteiger partial charge in [0.1, 0.15) is 5.75 Å². The second-order valence-electron chi connectivity index (χ2n) is 3.79. The summed E-state index contributed by atoms with van der Waals surface area (Å²) in [5, 5.41) is -0.0928. The van der Waals surface area contributed by atoms with Crippen molar-refractivity contribution in [3.8, 4) is 5.75 Å². The molecule has 0 bridgehead atoms. The van der Waals surface area contributed by atoms with Gasteiger partial charge in [0.05, 0.1) is 17.0 Å². The molecule has 1 rings (SSSR count). The van der Waals surface area contributed by atoms with Gasteiger partial charge in [0, 0.05) is 5.02 Å². The van der Waals surface area contributed by atoms with E-state index in [2.05, 4.69) is 0 Å². The molecule has 0 heterocycles. The quantitative estimate of drug-likeness (QED) is 0.606. The van der Waals surface area contributed by atoms with Crippen LogP contribution in [0.2, 0.25) is 5.02 Å². The molecule has 0 aromatic heterocycles. The van der Waals surface area contributed by atoms with Crippen molar-refractivity contribution in [3.05, 3.63) is 28.8 Å². The van der Waals surface area contributed by atoms with Gasteiger partial charge in [-0.2, -0.15) is 0 Å². The fourth-order valence-corrected chi connectivity index (χ4v) is 1.56. The molecule has 1 atom stereocenters. The number of halogens is 2. The Labute approximate surface area is 106 Å². The van der Waals surface area contributed by atoms with Gasteiger partial charge < -0.3 is 4.74 Å². The van der Waals surface area contributed by atoms with E-state index < -0.39 is 5.38 Å². The molecule has 2 nitrogen and oxygen atoms in total. The highest BCUT2D eigenvalue weighted by atomic mass is 35.5. The van der Waals surface area contributed by atoms with Gasteiger partial charge in [0.15, 0.2) is 5.78 Å². The van der Waals surface area contributed by atoms with Crippen LogP contribution in [0.1, 0.15) is 31.1 Å². The fraction of sp³-hybridized carbons (Fsp3) is 0.417. The number of alkyl halides is 1. The molecule has 0 radical (unpaired) electrons. The Morgan fingerprint density at radius 2 is 1.94 bits per heavy atom. The van der Waals surface area contributed by atoms with Gasteiger partial charge in [0.25, 0.3) is 0 Å². The first-order valence-corrected chi connectivity index (χ1v) is 5.87. The van der Waals surface area contributed by atoms with Crippen molar-refractivity contribution in [2.75, 3.05) is 0 Å². The lowest BCUT2D eigenvalue weighted by Crippen LogP contribution is -2.15. The standard InChI is InChI=1S/C12H14Cl2O2/c1-7(2)16-11-5-4-9(14)6-10(11)12(15)8(3)13/h4-8H,1-3H3. The minimum atomic E-state index is -0.590. The van der Waals surface area contributed by atoms with E-state index in [1.54, 1.807) is 25.1 Å². The van der Waals surface area contributed by atoms with Gasteiger partial charge in [-0.05, 0) is 39.0 Å². The molecule has 0 fully saturated rings. The van der Waals surface area contributed by atoms with Crippen LogP contribution in [0.15, 0.2) is 18.2 Å². The van der Waals surface area contributed by atoms with Crippen LogP contribution in [0.5, 0.6) is 5.75 Å². The van der Waals surface area contributed by atoms with Crippen LogP contribution in [0.25, 0.3) is 0 Å². The third-order valence-electron chi connectivity index (χ3n) is 1.93. The number of rotatable bonds is 4. The van der Waals surface area contributed by atoms with E-state index in [1.807, 2.05) is 13.8 Å². The minimum Gasteiger partial charge on any atom is -0.490 e. The maximum atomic E-state index is 11.8. The van der Waals surface area contributed by atoms with E-state index in [0.717, 1.165) is 0 Å². The molecule has 0 spiro atoms. The molecular formula is C12H14Cl2O2. The number of carbonyl (C=O) groups excluding carboxylic acids is 1. The lowest BCUT2D eigenvalue weighted by Gasteiger charge is -2.14. The molecule has 0 saturated carbocycles. The van der Waals surface area contributed by atoms with Gasteiger partial charge in [-0.15, -0.1) is 11.6 Å². The molecule has 0 amide bonds. The van der Waals surface area contributed by atoms with Crippen molar-refractivity contribution < 1.29 is 9.53 Å². The number of hydrogen-bond acceptors (Lipinski definition) is 2. The predicted octanol–water partition coefficient (Wildman–Crippen LogP) is 3.94. The zero-order chi connectivity index (χ0) is 12.3. The summed E-state index contributed by atoms with van der Waals surface area (Å²) < 4.78 is 5.53. The monoisotopic (exact) mass is 260 g/mol. The Bertz CT molecular complexity index is 387. The van der Waals surface area contributed by atoms with E-state index in [4.69, 9.17) is 27.9 Å². The number of Topliss-reactive ketones (excluding diaryl/α,β-unsaturated/α-hetero) is 1. The molecule has 0 N–H and O–H groups in total. The van der Waals surface area contributed by atoms with E-state index in [9.17, 15) is 4.79 Å². The first-order valence-electron chi connectivity index (χ1n) is 5.06. The zero-order valence-electron chi connectivity index (χ0n) is 9.46. The molecule has 0 saturated heterocycles. The molecular weight excluding hydrogens is 247 g/mol. The smallest absolute Gasteiger partial charge is 0.184 e. The summed E-state index contributed by atoms with van der Waals surface area (Å²) in [6, 6.07) is 4.96. The third kappa shape index (κ3) is 3.39. The highest BCUT2D eigenvalue weighted by Crippen LogP contribution is 2.26. The normalized spacial score (nSPS) is 12.6. The summed E-state index contributed by atoms with van der Waals surface area (Å²) in [7, 11) is 0. The van der Waals surface area contributed by atoms with Crippen LogP contribution in [0.4, 0.5) is 0 Å². The van der Waals surface area contributed by atoms with E-state index in [-0.39, 0.29) is 11.9 Å². The maximum absolute atomic E-state index is 11.8. The Morgan fingerprint density at radius 3 is 2.44 bits per heavy atom. The van der Waals surface area contributed by atoms with Crippen LogP contribution < -0.4 is 4.74 Å². The van der Waals surface area contributed by atoms with Gasteiger partial charge >= 0.3 is 0 Å². The Hall–Kier alpha value is -0.730. The van der Waals surface area contributed by atoms with E-state index in [1.165, 1.54) is 0 Å². The minimum absolute atomic E-state index is 0.00152. The van der Waals surface area contributed by atoms with Gasteiger partial charge in [-0.1, -0.05) is 11.6 Å². The van der Waals surface area contributed by atoms with Crippen molar-refractivity contribution in [2.24, 2.45) is 0 Å². The molecule has 1 aromatic carbocycles. The van der Waals surface area contributed by atoms with Crippen LogP contribution in [0.3, 0.4) is 0 Å². The number of ketones is 1. The summed E-state index contributed by atoms with van der Waals surface area (Å²) in [5.41, 5.74) is 0.434. The summed E-state index contributed by atoms with van der Waals surface area (Å²) >= 11 is 11.6. The van der Waals surface area contributed by atoms with Crippen LogP contribution in [-0.2, 0) is 0 Å². The van der Waals surface area contributed by atoms with E-state index in [0.29, 0.717) is 16.3 Å². The summed E-state index contributed by atoms with van der Waals surface area (Å²) in [6.07, 6.45) is -0.00152. The van der Waals surface area contributed by atoms with Crippen molar-refractivity contribution in [2.45, 2.75) is 32.3 Å². The molecule has 1 unspecified atom stereocenters. The molecule has 4 heteroatoms. The zero-order valence-corrected chi connectivity index (χ0v) is 11.0. The van der Waals surface area contributed by atoms with Crippen LogP contribution in [0, 0.1) is 0 Å². The van der Waals surface area contributed by atoms with E-state index >= 15 is 0 Å². The Morgan fingerprint density at radius 1 is 1.31 bits per heavy atom. The first kappa shape index (κ1) is 13.3. The highest BCUT2D eigenvalue weighted by molar-refractivity contribution is 6.35. The molecule has 0 aliphatic carbocycles. The number of hydrogen-bond donors (Lipinski definition) is 0. The lowest BCUT2D eigenvalue weighted by atomic mass is 10.1. The molecule has 16 heavy (non-hydrogen) atoms. The molecule has 0 aliphatic rings. The summed E-state index contributed by atoms with van der Waals surface area (Å²) in [6.45, 7) is 5.42. The highest BCUT2D eigenvalue weighted by Gasteiger charge is 2.18. The van der Waals surface area contributed by atoms with Crippen molar-refractivity contribution in [1.82, 2.24) is 0 Å². The Kier molecular flexibility index (Phi) is 4.63. The third-order valence-corrected chi connectivity index (χ3v) is 2.36. The lowest BCUT2D eigenvalue weighted by molar-refractivity contribution is 0.0986. The van der Waals surface area contributed by atoms with Crippen molar-refractivity contribution >= 4 is 29.0 Å². The maximum Gasteiger partial charge on any atom is 0.184 e.